The quantitative estimate of drug-likeness (QED) is 0.214. The number of hydrogen-bond acceptors (Lipinski definition) is 6. The highest BCUT2D eigenvalue weighted by Gasteiger charge is 2.18. The summed E-state index contributed by atoms with van der Waals surface area (Å²) in [6, 6.07) is 0. The SMILES string of the molecule is N#C[S+](N=C=O)OC(=O)[O-]. The molecule has 1 atom stereocenters. The van der Waals surface area contributed by atoms with Gasteiger partial charge >= 0.3 is 22.9 Å². The Morgan fingerprint density at radius 2 is 2.40 bits per heavy atom. The number of hydrogen-bond donors (Lipinski definition) is 0. The molecule has 0 aliphatic heterocycles. The number of carboxylic acid groups (broad SMARTS) is 1. The first-order valence-corrected chi connectivity index (χ1v) is 2.92. The van der Waals surface area contributed by atoms with Gasteiger partial charge in [0, 0.05) is 0 Å². The van der Waals surface area contributed by atoms with Gasteiger partial charge in [-0.25, -0.2) is 4.79 Å². The first-order valence-electron chi connectivity index (χ1n) is 1.82. The van der Waals surface area contributed by atoms with Crippen LogP contribution in [-0.4, -0.2) is 12.2 Å². The second-order valence-electron chi connectivity index (χ2n) is 0.856. The number of carbonyl (C=O) groups is 1. The fraction of sp³-hybridized carbons (Fsp3) is 0. The fourth-order valence-electron chi connectivity index (χ4n) is 0.156. The fourth-order valence-corrected chi connectivity index (χ4v) is 0.468. The van der Waals surface area contributed by atoms with Crippen molar-refractivity contribution in [1.29, 1.82) is 5.26 Å². The summed E-state index contributed by atoms with van der Waals surface area (Å²) in [4.78, 5) is 19.0. The Morgan fingerprint density at radius 1 is 1.80 bits per heavy atom. The zero-order valence-electron chi connectivity index (χ0n) is 4.44. The maximum absolute atomic E-state index is 9.58. The minimum Gasteiger partial charge on any atom is -0.422 e. The van der Waals surface area contributed by atoms with Crippen LogP contribution < -0.4 is 5.11 Å². The average molecular weight is 160 g/mol. The molecule has 0 aromatic carbocycles. The molecule has 0 aromatic heterocycles. The molecule has 0 amide bonds. The van der Waals surface area contributed by atoms with Crippen molar-refractivity contribution >= 4 is 23.6 Å². The van der Waals surface area contributed by atoms with Crippen LogP contribution in [0.4, 0.5) is 4.79 Å². The van der Waals surface area contributed by atoms with Gasteiger partial charge in [-0.2, -0.15) is 0 Å². The Hall–Kier alpha value is -1.51. The molecule has 0 aromatic rings. The van der Waals surface area contributed by atoms with Crippen LogP contribution in [0.2, 0.25) is 0 Å². The maximum Gasteiger partial charge on any atom is 0.418 e. The Morgan fingerprint density at radius 3 is 2.70 bits per heavy atom. The van der Waals surface area contributed by atoms with Gasteiger partial charge in [0.25, 0.3) is 6.08 Å². The van der Waals surface area contributed by atoms with Gasteiger partial charge in [-0.1, -0.05) is 0 Å². The zero-order chi connectivity index (χ0) is 7.98. The van der Waals surface area contributed by atoms with E-state index in [-0.39, 0.29) is 0 Å². The zero-order valence-corrected chi connectivity index (χ0v) is 5.25. The molecular formula is C3N2O4S. The Kier molecular flexibility index (Phi) is 3.72. The van der Waals surface area contributed by atoms with Crippen molar-refractivity contribution in [2.75, 3.05) is 0 Å². The Balaban J connectivity index is 3.99. The molecular weight excluding hydrogens is 160 g/mol. The highest BCUT2D eigenvalue weighted by atomic mass is 32.2. The van der Waals surface area contributed by atoms with Gasteiger partial charge < -0.3 is 14.1 Å². The van der Waals surface area contributed by atoms with Gasteiger partial charge in [0.05, 0.1) is 4.40 Å². The first kappa shape index (κ1) is 8.49. The minimum absolute atomic E-state index is 0.973. The monoisotopic (exact) mass is 160 g/mol. The standard InChI is InChI=1S/C3N2O4S/c4-1-10(5-2-6)9-3(7)8. The van der Waals surface area contributed by atoms with Crippen molar-refractivity contribution < 1.29 is 18.9 Å². The van der Waals surface area contributed by atoms with Crippen molar-refractivity contribution in [2.45, 2.75) is 0 Å². The second-order valence-corrected chi connectivity index (χ2v) is 1.89. The largest absolute Gasteiger partial charge is 0.422 e. The number of carbonyl (C=O) groups excluding carboxylic acids is 2. The van der Waals surface area contributed by atoms with E-state index in [1.54, 1.807) is 0 Å². The van der Waals surface area contributed by atoms with E-state index < -0.39 is 17.5 Å². The van der Waals surface area contributed by atoms with E-state index in [1.807, 2.05) is 0 Å². The van der Waals surface area contributed by atoms with Gasteiger partial charge in [-0.05, 0) is 0 Å². The van der Waals surface area contributed by atoms with Crippen LogP contribution in [0, 0.1) is 10.7 Å². The van der Waals surface area contributed by atoms with Crippen molar-refractivity contribution in [2.24, 2.45) is 4.40 Å². The van der Waals surface area contributed by atoms with Gasteiger partial charge in [0.15, 0.2) is 0 Å². The van der Waals surface area contributed by atoms with Crippen LogP contribution in [0.3, 0.4) is 0 Å². The molecule has 0 radical (unpaired) electrons. The van der Waals surface area contributed by atoms with Gasteiger partial charge in [-0.15, -0.1) is 5.26 Å². The summed E-state index contributed by atoms with van der Waals surface area (Å²) in [6.07, 6.45) is -0.926. The predicted molar refractivity (Wildman–Crippen MR) is 27.6 cm³/mol. The number of rotatable bonds is 2. The summed E-state index contributed by atoms with van der Waals surface area (Å²) >= 11 is -1.92. The lowest BCUT2D eigenvalue weighted by atomic mass is 11.5. The van der Waals surface area contributed by atoms with Gasteiger partial charge in [0.1, 0.15) is 0 Å². The normalized spacial score (nSPS) is 10.3. The highest BCUT2D eigenvalue weighted by Crippen LogP contribution is 1.95. The summed E-state index contributed by atoms with van der Waals surface area (Å²) in [7, 11) is 0. The molecule has 0 heterocycles. The van der Waals surface area contributed by atoms with E-state index in [9.17, 15) is 14.7 Å². The van der Waals surface area contributed by atoms with E-state index in [2.05, 4.69) is 8.58 Å². The number of thiocyanates is 1. The van der Waals surface area contributed by atoms with E-state index in [0.717, 1.165) is 6.08 Å². The number of isocyanates is 1. The van der Waals surface area contributed by atoms with Crippen molar-refractivity contribution in [3.05, 3.63) is 0 Å². The molecule has 0 aliphatic carbocycles. The summed E-state index contributed by atoms with van der Waals surface area (Å²) in [5.74, 6) is 0. The molecule has 1 unspecified atom stereocenters. The third kappa shape index (κ3) is 3.49. The molecule has 0 saturated carbocycles. The smallest absolute Gasteiger partial charge is 0.418 e. The Bertz CT molecular complexity index is 215. The number of nitrogens with zero attached hydrogens (tertiary/aromatic N) is 2. The molecule has 0 rings (SSSR count). The summed E-state index contributed by atoms with van der Waals surface area (Å²) < 4.78 is 6.38. The van der Waals surface area contributed by atoms with Crippen molar-refractivity contribution in [1.82, 2.24) is 0 Å². The summed E-state index contributed by atoms with van der Waals surface area (Å²) in [5.41, 5.74) is 0. The van der Waals surface area contributed by atoms with Crippen molar-refractivity contribution in [3.8, 4) is 5.40 Å². The molecule has 0 N–H and O–H groups in total. The molecule has 0 bridgehead atoms. The average Bonchev–Trinajstić information content (AvgIpc) is 1.86. The van der Waals surface area contributed by atoms with Crippen LogP contribution in [-0.2, 0) is 20.3 Å². The van der Waals surface area contributed by atoms with E-state index in [4.69, 9.17) is 5.26 Å². The molecule has 6 nitrogen and oxygen atoms in total. The molecule has 7 heteroatoms. The van der Waals surface area contributed by atoms with E-state index in [1.165, 1.54) is 5.40 Å². The molecule has 0 spiro atoms. The molecule has 52 valence electrons. The molecule has 0 aliphatic rings. The lowest BCUT2D eigenvalue weighted by molar-refractivity contribution is -0.270. The topological polar surface area (TPSA) is 103 Å². The Labute approximate surface area is 58.4 Å². The summed E-state index contributed by atoms with van der Waals surface area (Å²) in [6.45, 7) is 0. The lowest BCUT2D eigenvalue weighted by Crippen LogP contribution is -2.25. The van der Waals surface area contributed by atoms with Crippen LogP contribution >= 0.6 is 0 Å². The molecule has 10 heavy (non-hydrogen) atoms. The van der Waals surface area contributed by atoms with Gasteiger partial charge in [0.2, 0.25) is 0 Å². The number of nitriles is 1. The van der Waals surface area contributed by atoms with Crippen LogP contribution in [0.5, 0.6) is 0 Å². The first-order chi connectivity index (χ1) is 4.70. The third-order valence-electron chi connectivity index (χ3n) is 0.345. The van der Waals surface area contributed by atoms with Crippen LogP contribution in [0.15, 0.2) is 4.40 Å². The van der Waals surface area contributed by atoms with Crippen molar-refractivity contribution in [3.63, 3.8) is 0 Å². The highest BCUT2D eigenvalue weighted by molar-refractivity contribution is 7.96. The second kappa shape index (κ2) is 4.38. The van der Waals surface area contributed by atoms with Gasteiger partial charge in [-0.3, -0.25) is 0 Å². The van der Waals surface area contributed by atoms with Crippen LogP contribution in [0.1, 0.15) is 0 Å². The third-order valence-corrected chi connectivity index (χ3v) is 1.04. The van der Waals surface area contributed by atoms with Crippen LogP contribution in [0.25, 0.3) is 0 Å². The predicted octanol–water partition coefficient (Wildman–Crippen LogP) is -1.39. The van der Waals surface area contributed by atoms with E-state index >= 15 is 0 Å². The minimum atomic E-state index is -1.92. The van der Waals surface area contributed by atoms with E-state index in [0.29, 0.717) is 0 Å². The summed E-state index contributed by atoms with van der Waals surface area (Å²) in [5, 5.41) is 18.8. The molecule has 0 fully saturated rings. The maximum atomic E-state index is 9.58. The molecule has 0 saturated heterocycles. The lowest BCUT2D eigenvalue weighted by Gasteiger charge is -1.91.